The summed E-state index contributed by atoms with van der Waals surface area (Å²) in [4.78, 5) is 16.0. The topological polar surface area (TPSA) is 68.0 Å². The van der Waals surface area contributed by atoms with E-state index >= 15 is 0 Å². The number of nitrogens with two attached hydrogens (primary N) is 1. The van der Waals surface area contributed by atoms with Gasteiger partial charge in [0.05, 0.1) is 12.0 Å². The molecule has 2 atom stereocenters. The van der Waals surface area contributed by atoms with Crippen LogP contribution in [0.15, 0.2) is 11.6 Å². The summed E-state index contributed by atoms with van der Waals surface area (Å²) in [6, 6.07) is -0.0293. The molecule has 0 saturated carbocycles. The van der Waals surface area contributed by atoms with Gasteiger partial charge in [-0.2, -0.15) is 0 Å². The van der Waals surface area contributed by atoms with E-state index in [-0.39, 0.29) is 17.9 Å². The summed E-state index contributed by atoms with van der Waals surface area (Å²) in [5.41, 5.74) is 5.58. The van der Waals surface area contributed by atoms with Crippen LogP contribution in [0.4, 0.5) is 0 Å². The van der Waals surface area contributed by atoms with Crippen molar-refractivity contribution in [1.29, 1.82) is 0 Å². The lowest BCUT2D eigenvalue weighted by atomic mass is 10.0. The zero-order chi connectivity index (χ0) is 12.0. The molecular formula is C11H19N3OS. The van der Waals surface area contributed by atoms with Gasteiger partial charge in [-0.3, -0.25) is 4.79 Å². The monoisotopic (exact) mass is 241 g/mol. The number of amides is 1. The Morgan fingerprint density at radius 2 is 2.44 bits per heavy atom. The average molecular weight is 241 g/mol. The first-order chi connectivity index (χ1) is 7.69. The zero-order valence-corrected chi connectivity index (χ0v) is 10.6. The lowest BCUT2D eigenvalue weighted by molar-refractivity contribution is -0.125. The highest BCUT2D eigenvalue weighted by Gasteiger charge is 2.19. The van der Waals surface area contributed by atoms with Crippen LogP contribution in [0.2, 0.25) is 0 Å². The quantitative estimate of drug-likeness (QED) is 0.796. The van der Waals surface area contributed by atoms with Crippen molar-refractivity contribution in [2.45, 2.75) is 32.7 Å². The van der Waals surface area contributed by atoms with E-state index in [2.05, 4.69) is 17.2 Å². The minimum atomic E-state index is -0.0765. The van der Waals surface area contributed by atoms with Crippen molar-refractivity contribution in [1.82, 2.24) is 10.3 Å². The van der Waals surface area contributed by atoms with E-state index < -0.39 is 0 Å². The van der Waals surface area contributed by atoms with Gasteiger partial charge in [-0.25, -0.2) is 4.98 Å². The SMILES string of the molecule is CCCC(CN)C(=O)NC(C)c1nccs1. The molecule has 0 fully saturated rings. The molecule has 0 aliphatic heterocycles. The number of thiazole rings is 1. The van der Waals surface area contributed by atoms with E-state index in [1.165, 1.54) is 0 Å². The maximum atomic E-state index is 11.9. The molecular weight excluding hydrogens is 222 g/mol. The predicted octanol–water partition coefficient (Wildman–Crippen LogP) is 1.70. The van der Waals surface area contributed by atoms with Crippen molar-refractivity contribution in [3.8, 4) is 0 Å². The maximum absolute atomic E-state index is 11.9. The zero-order valence-electron chi connectivity index (χ0n) is 9.77. The molecule has 0 radical (unpaired) electrons. The number of carbonyl (C=O) groups is 1. The van der Waals surface area contributed by atoms with Gasteiger partial charge < -0.3 is 11.1 Å². The molecule has 1 aromatic rings. The fourth-order valence-corrected chi connectivity index (χ4v) is 2.19. The molecule has 0 saturated heterocycles. The standard InChI is InChI=1S/C11H19N3OS/c1-3-4-9(7-12)10(15)14-8(2)11-13-5-6-16-11/h5-6,8-9H,3-4,7,12H2,1-2H3,(H,14,15). The number of rotatable bonds is 6. The third kappa shape index (κ3) is 3.57. The molecule has 3 N–H and O–H groups in total. The van der Waals surface area contributed by atoms with Crippen LogP contribution in [-0.4, -0.2) is 17.4 Å². The van der Waals surface area contributed by atoms with E-state index in [9.17, 15) is 4.79 Å². The largest absolute Gasteiger partial charge is 0.347 e. The van der Waals surface area contributed by atoms with Crippen LogP contribution in [-0.2, 0) is 4.79 Å². The lowest BCUT2D eigenvalue weighted by Crippen LogP contribution is -2.36. The molecule has 0 aliphatic carbocycles. The van der Waals surface area contributed by atoms with Crippen LogP contribution < -0.4 is 11.1 Å². The van der Waals surface area contributed by atoms with Crippen LogP contribution in [0.1, 0.15) is 37.7 Å². The molecule has 4 nitrogen and oxygen atoms in total. The van der Waals surface area contributed by atoms with E-state index in [0.717, 1.165) is 17.8 Å². The molecule has 1 aromatic heterocycles. The Morgan fingerprint density at radius 3 is 2.94 bits per heavy atom. The summed E-state index contributed by atoms with van der Waals surface area (Å²) in [6.45, 7) is 4.40. The number of aromatic nitrogens is 1. The highest BCUT2D eigenvalue weighted by Crippen LogP contribution is 2.16. The first-order valence-electron chi connectivity index (χ1n) is 5.58. The number of carbonyl (C=O) groups excluding carboxylic acids is 1. The van der Waals surface area contributed by atoms with E-state index in [1.807, 2.05) is 12.3 Å². The Balaban J connectivity index is 2.50. The van der Waals surface area contributed by atoms with E-state index in [4.69, 9.17) is 5.73 Å². The van der Waals surface area contributed by atoms with Gasteiger partial charge in [0, 0.05) is 18.1 Å². The summed E-state index contributed by atoms with van der Waals surface area (Å²) < 4.78 is 0. The second-order valence-corrected chi connectivity index (χ2v) is 4.75. The van der Waals surface area contributed by atoms with Crippen molar-refractivity contribution >= 4 is 17.2 Å². The van der Waals surface area contributed by atoms with Crippen molar-refractivity contribution in [3.05, 3.63) is 16.6 Å². The van der Waals surface area contributed by atoms with Gasteiger partial charge in [0.1, 0.15) is 5.01 Å². The number of hydrogen-bond acceptors (Lipinski definition) is 4. The molecule has 0 bridgehead atoms. The van der Waals surface area contributed by atoms with Gasteiger partial charge in [0.25, 0.3) is 0 Å². The molecule has 0 spiro atoms. The summed E-state index contributed by atoms with van der Waals surface area (Å²) >= 11 is 1.55. The Labute approximate surface area is 100 Å². The number of nitrogens with one attached hydrogen (secondary N) is 1. The maximum Gasteiger partial charge on any atom is 0.224 e. The lowest BCUT2D eigenvalue weighted by Gasteiger charge is -2.17. The predicted molar refractivity (Wildman–Crippen MR) is 66.1 cm³/mol. The van der Waals surface area contributed by atoms with Crippen molar-refractivity contribution < 1.29 is 4.79 Å². The normalized spacial score (nSPS) is 14.4. The summed E-state index contributed by atoms with van der Waals surface area (Å²) in [7, 11) is 0. The first-order valence-corrected chi connectivity index (χ1v) is 6.46. The Bertz CT molecular complexity index is 313. The second-order valence-electron chi connectivity index (χ2n) is 3.82. The van der Waals surface area contributed by atoms with Gasteiger partial charge in [-0.1, -0.05) is 13.3 Å². The fraction of sp³-hybridized carbons (Fsp3) is 0.636. The molecule has 5 heteroatoms. The van der Waals surface area contributed by atoms with Crippen LogP contribution in [0, 0.1) is 5.92 Å². The molecule has 0 aliphatic rings. The van der Waals surface area contributed by atoms with Gasteiger partial charge in [0.2, 0.25) is 5.91 Å². The number of hydrogen-bond donors (Lipinski definition) is 2. The van der Waals surface area contributed by atoms with Gasteiger partial charge in [0.15, 0.2) is 0 Å². The van der Waals surface area contributed by atoms with E-state index in [1.54, 1.807) is 17.5 Å². The molecule has 1 amide bonds. The first kappa shape index (κ1) is 13.1. The van der Waals surface area contributed by atoms with Gasteiger partial charge >= 0.3 is 0 Å². The van der Waals surface area contributed by atoms with Crippen molar-refractivity contribution in [3.63, 3.8) is 0 Å². The molecule has 90 valence electrons. The summed E-state index contributed by atoms with van der Waals surface area (Å²) in [5.74, 6) is -0.0422. The Hall–Kier alpha value is -0.940. The van der Waals surface area contributed by atoms with Crippen LogP contribution in [0.25, 0.3) is 0 Å². The van der Waals surface area contributed by atoms with Crippen molar-refractivity contribution in [2.75, 3.05) is 6.54 Å². The highest BCUT2D eigenvalue weighted by atomic mass is 32.1. The smallest absolute Gasteiger partial charge is 0.224 e. The number of nitrogens with zero attached hydrogens (tertiary/aromatic N) is 1. The molecule has 1 heterocycles. The van der Waals surface area contributed by atoms with Crippen LogP contribution in [0.5, 0.6) is 0 Å². The Kier molecular flexibility index (Phi) is 5.42. The minimum absolute atomic E-state index is 0.0293. The summed E-state index contributed by atoms with van der Waals surface area (Å²) in [6.07, 6.45) is 3.56. The molecule has 2 unspecified atom stereocenters. The van der Waals surface area contributed by atoms with Crippen LogP contribution >= 0.6 is 11.3 Å². The second kappa shape index (κ2) is 6.60. The third-order valence-corrected chi connectivity index (χ3v) is 3.43. The average Bonchev–Trinajstić information content (AvgIpc) is 2.78. The fourth-order valence-electron chi connectivity index (χ4n) is 1.55. The molecule has 16 heavy (non-hydrogen) atoms. The molecule has 0 aromatic carbocycles. The third-order valence-electron chi connectivity index (χ3n) is 2.47. The summed E-state index contributed by atoms with van der Waals surface area (Å²) in [5, 5.41) is 5.79. The van der Waals surface area contributed by atoms with Crippen molar-refractivity contribution in [2.24, 2.45) is 11.7 Å². The van der Waals surface area contributed by atoms with E-state index in [0.29, 0.717) is 6.54 Å². The van der Waals surface area contributed by atoms with Gasteiger partial charge in [-0.05, 0) is 13.3 Å². The van der Waals surface area contributed by atoms with Gasteiger partial charge in [-0.15, -0.1) is 11.3 Å². The van der Waals surface area contributed by atoms with Crippen LogP contribution in [0.3, 0.4) is 0 Å². The Morgan fingerprint density at radius 1 is 1.69 bits per heavy atom. The minimum Gasteiger partial charge on any atom is -0.347 e. The highest BCUT2D eigenvalue weighted by molar-refractivity contribution is 7.09. The molecule has 1 rings (SSSR count).